The van der Waals surface area contributed by atoms with Gasteiger partial charge in [-0.2, -0.15) is 0 Å². The molecular weight excluding hydrogens is 311 g/mol. The van der Waals surface area contributed by atoms with Crippen LogP contribution in [-0.2, 0) is 16.1 Å². The molecule has 1 aromatic rings. The molecule has 0 saturated heterocycles. The van der Waals surface area contributed by atoms with E-state index in [2.05, 4.69) is 10.6 Å². The molecule has 0 unspecified atom stereocenters. The van der Waals surface area contributed by atoms with Gasteiger partial charge in [0.25, 0.3) is 0 Å². The van der Waals surface area contributed by atoms with Crippen molar-refractivity contribution >= 4 is 12.0 Å². The largest absolute Gasteiger partial charge is 0.444 e. The number of rotatable bonds is 8. The molecule has 2 amide bonds. The van der Waals surface area contributed by atoms with Crippen LogP contribution in [-0.4, -0.2) is 24.1 Å². The van der Waals surface area contributed by atoms with Gasteiger partial charge in [-0.3, -0.25) is 4.79 Å². The molecule has 0 aliphatic carbocycles. The SMILES string of the molecule is CC(C)(C)OC(=O)NCCCCCC(=O)NCc1ccc(F)cc1. The van der Waals surface area contributed by atoms with Crippen LogP contribution in [0.4, 0.5) is 9.18 Å². The number of unbranched alkanes of at least 4 members (excludes halogenated alkanes) is 2. The molecule has 0 fully saturated rings. The lowest BCUT2D eigenvalue weighted by Crippen LogP contribution is -2.33. The second-order valence-corrected chi connectivity index (χ2v) is 6.64. The minimum atomic E-state index is -0.493. The second-order valence-electron chi connectivity index (χ2n) is 6.64. The molecule has 0 bridgehead atoms. The number of benzene rings is 1. The summed E-state index contributed by atoms with van der Waals surface area (Å²) in [5.41, 5.74) is 0.374. The molecule has 0 spiro atoms. The van der Waals surface area contributed by atoms with Gasteiger partial charge in [0, 0.05) is 19.5 Å². The van der Waals surface area contributed by atoms with Crippen LogP contribution in [0.5, 0.6) is 0 Å². The van der Waals surface area contributed by atoms with Crippen molar-refractivity contribution < 1.29 is 18.7 Å². The number of alkyl carbamates (subject to hydrolysis) is 1. The Kier molecular flexibility index (Phi) is 8.22. The summed E-state index contributed by atoms with van der Waals surface area (Å²) in [5.74, 6) is -0.315. The highest BCUT2D eigenvalue weighted by Crippen LogP contribution is 2.07. The molecule has 1 aromatic carbocycles. The maximum Gasteiger partial charge on any atom is 0.407 e. The molecule has 0 aromatic heterocycles. The lowest BCUT2D eigenvalue weighted by Gasteiger charge is -2.19. The van der Waals surface area contributed by atoms with Crippen LogP contribution >= 0.6 is 0 Å². The Bertz CT molecular complexity index is 524. The summed E-state index contributed by atoms with van der Waals surface area (Å²) in [5, 5.41) is 5.49. The Hall–Kier alpha value is -2.11. The summed E-state index contributed by atoms with van der Waals surface area (Å²) in [6, 6.07) is 6.05. The molecule has 24 heavy (non-hydrogen) atoms. The van der Waals surface area contributed by atoms with Gasteiger partial charge in [0.1, 0.15) is 11.4 Å². The van der Waals surface area contributed by atoms with E-state index in [-0.39, 0.29) is 11.7 Å². The second kappa shape index (κ2) is 9.90. The van der Waals surface area contributed by atoms with E-state index in [1.54, 1.807) is 12.1 Å². The third kappa shape index (κ3) is 9.82. The fraction of sp³-hybridized carbons (Fsp3) is 0.556. The first kappa shape index (κ1) is 19.9. The van der Waals surface area contributed by atoms with E-state index < -0.39 is 11.7 Å². The van der Waals surface area contributed by atoms with Crippen molar-refractivity contribution in [1.29, 1.82) is 0 Å². The molecule has 5 nitrogen and oxygen atoms in total. The van der Waals surface area contributed by atoms with E-state index in [1.165, 1.54) is 12.1 Å². The molecule has 134 valence electrons. The summed E-state index contributed by atoms with van der Waals surface area (Å²) in [6.07, 6.45) is 2.42. The van der Waals surface area contributed by atoms with Crippen molar-refractivity contribution in [3.8, 4) is 0 Å². The van der Waals surface area contributed by atoms with Gasteiger partial charge >= 0.3 is 6.09 Å². The average molecular weight is 338 g/mol. The van der Waals surface area contributed by atoms with E-state index in [0.717, 1.165) is 24.8 Å². The van der Waals surface area contributed by atoms with Crippen molar-refractivity contribution in [1.82, 2.24) is 10.6 Å². The normalized spacial score (nSPS) is 11.0. The average Bonchev–Trinajstić information content (AvgIpc) is 2.48. The van der Waals surface area contributed by atoms with E-state index in [4.69, 9.17) is 4.74 Å². The number of nitrogens with one attached hydrogen (secondary N) is 2. The minimum absolute atomic E-state index is 0.0283. The molecule has 0 atom stereocenters. The molecule has 1 rings (SSSR count). The molecule has 2 N–H and O–H groups in total. The number of hydrogen-bond acceptors (Lipinski definition) is 3. The van der Waals surface area contributed by atoms with Crippen LogP contribution in [0.25, 0.3) is 0 Å². The van der Waals surface area contributed by atoms with Crippen LogP contribution in [0.1, 0.15) is 52.0 Å². The number of carbonyl (C=O) groups is 2. The van der Waals surface area contributed by atoms with Gasteiger partial charge in [-0.15, -0.1) is 0 Å². The first-order valence-corrected chi connectivity index (χ1v) is 8.24. The first-order valence-electron chi connectivity index (χ1n) is 8.24. The summed E-state index contributed by atoms with van der Waals surface area (Å²) in [6.45, 7) is 6.39. The van der Waals surface area contributed by atoms with E-state index in [1.807, 2.05) is 20.8 Å². The zero-order chi connectivity index (χ0) is 18.0. The maximum absolute atomic E-state index is 12.8. The van der Waals surface area contributed by atoms with Gasteiger partial charge < -0.3 is 15.4 Å². The first-order chi connectivity index (χ1) is 11.3. The summed E-state index contributed by atoms with van der Waals surface area (Å²) in [4.78, 5) is 23.1. The Morgan fingerprint density at radius 1 is 1.04 bits per heavy atom. The Morgan fingerprint density at radius 2 is 1.71 bits per heavy atom. The van der Waals surface area contributed by atoms with E-state index >= 15 is 0 Å². The number of halogens is 1. The predicted molar refractivity (Wildman–Crippen MR) is 91.0 cm³/mol. The molecular formula is C18H27FN2O3. The molecule has 0 radical (unpaired) electrons. The third-order valence-corrected chi connectivity index (χ3v) is 3.15. The standard InChI is InChI=1S/C18H27FN2O3/c1-18(2,3)24-17(23)20-12-6-4-5-7-16(22)21-13-14-8-10-15(19)11-9-14/h8-11H,4-7,12-13H2,1-3H3,(H,20,23)(H,21,22). The van der Waals surface area contributed by atoms with Gasteiger partial charge in [-0.1, -0.05) is 18.6 Å². The highest BCUT2D eigenvalue weighted by Gasteiger charge is 2.15. The van der Waals surface area contributed by atoms with Gasteiger partial charge in [0.05, 0.1) is 0 Å². The van der Waals surface area contributed by atoms with Gasteiger partial charge in [0.15, 0.2) is 0 Å². The predicted octanol–water partition coefficient (Wildman–Crippen LogP) is 3.53. The summed E-state index contributed by atoms with van der Waals surface area (Å²) < 4.78 is 17.9. The van der Waals surface area contributed by atoms with Gasteiger partial charge in [-0.25, -0.2) is 9.18 Å². The third-order valence-electron chi connectivity index (χ3n) is 3.15. The molecule has 0 aliphatic heterocycles. The fourth-order valence-corrected chi connectivity index (χ4v) is 1.98. The number of amides is 2. The van der Waals surface area contributed by atoms with Gasteiger partial charge in [-0.05, 0) is 51.3 Å². The van der Waals surface area contributed by atoms with Crippen molar-refractivity contribution in [3.05, 3.63) is 35.6 Å². The maximum atomic E-state index is 12.8. The molecule has 0 saturated carbocycles. The number of carbonyl (C=O) groups excluding carboxylic acids is 2. The molecule has 0 aliphatic rings. The molecule has 0 heterocycles. The van der Waals surface area contributed by atoms with Crippen molar-refractivity contribution in [3.63, 3.8) is 0 Å². The number of ether oxygens (including phenoxy) is 1. The van der Waals surface area contributed by atoms with Crippen molar-refractivity contribution in [2.75, 3.05) is 6.54 Å². The van der Waals surface area contributed by atoms with Crippen molar-refractivity contribution in [2.45, 2.75) is 58.6 Å². The minimum Gasteiger partial charge on any atom is -0.444 e. The van der Waals surface area contributed by atoms with Crippen LogP contribution in [0.2, 0.25) is 0 Å². The monoisotopic (exact) mass is 338 g/mol. The van der Waals surface area contributed by atoms with Crippen molar-refractivity contribution in [2.24, 2.45) is 0 Å². The lowest BCUT2D eigenvalue weighted by atomic mass is 10.1. The van der Waals surface area contributed by atoms with E-state index in [9.17, 15) is 14.0 Å². The Balaban J connectivity index is 2.03. The number of hydrogen-bond donors (Lipinski definition) is 2. The Labute approximate surface area is 143 Å². The zero-order valence-corrected chi connectivity index (χ0v) is 14.7. The quantitative estimate of drug-likeness (QED) is 0.713. The van der Waals surface area contributed by atoms with Crippen LogP contribution in [0.15, 0.2) is 24.3 Å². The topological polar surface area (TPSA) is 67.4 Å². The summed E-state index contributed by atoms with van der Waals surface area (Å²) >= 11 is 0. The molecule has 6 heteroatoms. The summed E-state index contributed by atoms with van der Waals surface area (Å²) in [7, 11) is 0. The lowest BCUT2D eigenvalue weighted by molar-refractivity contribution is -0.121. The van der Waals surface area contributed by atoms with E-state index in [0.29, 0.717) is 19.5 Å². The Morgan fingerprint density at radius 3 is 2.33 bits per heavy atom. The van der Waals surface area contributed by atoms with Crippen LogP contribution < -0.4 is 10.6 Å². The zero-order valence-electron chi connectivity index (χ0n) is 14.7. The highest BCUT2D eigenvalue weighted by atomic mass is 19.1. The van der Waals surface area contributed by atoms with Crippen LogP contribution in [0, 0.1) is 5.82 Å². The highest BCUT2D eigenvalue weighted by molar-refractivity contribution is 5.75. The fourth-order valence-electron chi connectivity index (χ4n) is 1.98. The van der Waals surface area contributed by atoms with Gasteiger partial charge in [0.2, 0.25) is 5.91 Å². The van der Waals surface area contributed by atoms with Crippen LogP contribution in [0.3, 0.4) is 0 Å². The smallest absolute Gasteiger partial charge is 0.407 e.